The van der Waals surface area contributed by atoms with Crippen molar-refractivity contribution in [2.75, 3.05) is 0 Å². The van der Waals surface area contributed by atoms with Crippen LogP contribution in [0.15, 0.2) is 87.1 Å². The zero-order chi connectivity index (χ0) is 20.4. The van der Waals surface area contributed by atoms with E-state index < -0.39 is 17.3 Å². The largest absolute Gasteiger partial charge is 0.416 e. The van der Waals surface area contributed by atoms with Gasteiger partial charge in [-0.1, -0.05) is 30.3 Å². The van der Waals surface area contributed by atoms with E-state index in [1.807, 2.05) is 23.6 Å². The number of alkyl halides is 3. The number of aromatic nitrogens is 2. The summed E-state index contributed by atoms with van der Waals surface area (Å²) < 4.78 is 40.0. The Labute approximate surface area is 166 Å². The minimum atomic E-state index is -4.48. The molecule has 4 aromatic rings. The quantitative estimate of drug-likeness (QED) is 0.390. The lowest BCUT2D eigenvalue weighted by molar-refractivity contribution is -0.137. The van der Waals surface area contributed by atoms with Crippen molar-refractivity contribution in [3.8, 4) is 16.3 Å². The van der Waals surface area contributed by atoms with Crippen molar-refractivity contribution in [3.63, 3.8) is 0 Å². The van der Waals surface area contributed by atoms with Gasteiger partial charge in [0, 0.05) is 0 Å². The molecule has 0 atom stereocenters. The molecule has 0 amide bonds. The Hall–Kier alpha value is -3.46. The maximum absolute atomic E-state index is 12.9. The first-order valence-corrected chi connectivity index (χ1v) is 9.35. The summed E-state index contributed by atoms with van der Waals surface area (Å²) in [7, 11) is 0. The van der Waals surface area contributed by atoms with Crippen LogP contribution in [0.3, 0.4) is 0 Å². The van der Waals surface area contributed by atoms with Crippen molar-refractivity contribution >= 4 is 22.7 Å². The average Bonchev–Trinajstić information content (AvgIpc) is 3.35. The van der Waals surface area contributed by atoms with E-state index in [-0.39, 0.29) is 11.4 Å². The van der Waals surface area contributed by atoms with Crippen LogP contribution in [0.25, 0.3) is 16.3 Å². The number of nitrogens with zero attached hydrogens (tertiary/aromatic N) is 3. The molecule has 5 nitrogen and oxygen atoms in total. The van der Waals surface area contributed by atoms with E-state index in [9.17, 15) is 18.0 Å². The molecule has 9 heteroatoms. The summed E-state index contributed by atoms with van der Waals surface area (Å²) in [5, 5.41) is 12.8. The van der Waals surface area contributed by atoms with Crippen LogP contribution in [0.4, 0.5) is 24.5 Å². The maximum atomic E-state index is 12.9. The first kappa shape index (κ1) is 18.9. The molecule has 4 rings (SSSR count). The van der Waals surface area contributed by atoms with Crippen LogP contribution in [-0.2, 0) is 6.18 Å². The Balaban J connectivity index is 1.80. The topological polar surface area (TPSA) is 62.5 Å². The molecular formula is C20H13F3N4OS. The third-order valence-corrected chi connectivity index (χ3v) is 4.97. The molecule has 2 heterocycles. The highest BCUT2D eigenvalue weighted by Crippen LogP contribution is 2.33. The molecule has 1 N–H and O–H groups in total. The molecule has 2 aromatic carbocycles. The number of nitrogens with one attached hydrogen (secondary N) is 1. The monoisotopic (exact) mass is 414 g/mol. The van der Waals surface area contributed by atoms with E-state index in [2.05, 4.69) is 15.3 Å². The third kappa shape index (κ3) is 3.90. The number of thiophene rings is 1. The van der Waals surface area contributed by atoms with Crippen LogP contribution in [0.2, 0.25) is 0 Å². The number of benzene rings is 2. The molecule has 29 heavy (non-hydrogen) atoms. The summed E-state index contributed by atoms with van der Waals surface area (Å²) >= 11 is 1.40. The molecule has 0 bridgehead atoms. The minimum Gasteiger partial charge on any atom is -0.287 e. The van der Waals surface area contributed by atoms with Gasteiger partial charge in [0.25, 0.3) is 5.56 Å². The van der Waals surface area contributed by atoms with E-state index in [1.165, 1.54) is 28.2 Å². The van der Waals surface area contributed by atoms with Gasteiger partial charge < -0.3 is 0 Å². The van der Waals surface area contributed by atoms with Gasteiger partial charge in [-0.05, 0) is 41.8 Å². The lowest BCUT2D eigenvalue weighted by atomic mass is 10.2. The van der Waals surface area contributed by atoms with E-state index in [0.717, 1.165) is 17.0 Å². The van der Waals surface area contributed by atoms with Crippen LogP contribution in [0.1, 0.15) is 5.56 Å². The zero-order valence-corrected chi connectivity index (χ0v) is 15.5. The van der Waals surface area contributed by atoms with E-state index in [1.54, 1.807) is 24.3 Å². The molecule has 0 aliphatic rings. The van der Waals surface area contributed by atoms with Crippen molar-refractivity contribution in [3.05, 3.63) is 88.0 Å². The highest BCUT2D eigenvalue weighted by Gasteiger charge is 2.30. The highest BCUT2D eigenvalue weighted by molar-refractivity contribution is 7.13. The molecule has 0 unspecified atom stereocenters. The molecule has 0 spiro atoms. The molecule has 2 aromatic heterocycles. The van der Waals surface area contributed by atoms with Gasteiger partial charge in [-0.3, -0.25) is 9.89 Å². The van der Waals surface area contributed by atoms with Crippen molar-refractivity contribution in [2.45, 2.75) is 6.18 Å². The molecule has 0 fully saturated rings. The second-order valence-corrected chi connectivity index (χ2v) is 6.98. The fraction of sp³-hybridized carbons (Fsp3) is 0.0500. The fourth-order valence-corrected chi connectivity index (χ4v) is 3.45. The number of para-hydroxylation sites is 1. The Morgan fingerprint density at radius 2 is 1.72 bits per heavy atom. The summed E-state index contributed by atoms with van der Waals surface area (Å²) in [6.07, 6.45) is -4.48. The summed E-state index contributed by atoms with van der Waals surface area (Å²) in [4.78, 5) is 13.7. The average molecular weight is 414 g/mol. The van der Waals surface area contributed by atoms with Crippen LogP contribution in [-0.4, -0.2) is 9.78 Å². The molecule has 146 valence electrons. The number of rotatable bonds is 4. The van der Waals surface area contributed by atoms with Crippen molar-refractivity contribution < 1.29 is 13.2 Å². The van der Waals surface area contributed by atoms with Crippen LogP contribution in [0.5, 0.6) is 0 Å². The normalized spacial score (nSPS) is 12.0. The van der Waals surface area contributed by atoms with Crippen molar-refractivity contribution in [2.24, 2.45) is 10.2 Å². The van der Waals surface area contributed by atoms with Gasteiger partial charge in [0.2, 0.25) is 0 Å². The van der Waals surface area contributed by atoms with Gasteiger partial charge in [-0.25, -0.2) is 4.68 Å². The number of halogens is 3. The summed E-state index contributed by atoms with van der Waals surface area (Å²) in [5.41, 5.74) is -0.198. The SMILES string of the molecule is O=c1c(N=Nc2cccc(C(F)(F)F)c2)c(-c2cccs2)[nH]n1-c1ccccc1. The fourth-order valence-electron chi connectivity index (χ4n) is 2.72. The summed E-state index contributed by atoms with van der Waals surface area (Å²) in [6, 6.07) is 17.0. The molecule has 0 aliphatic carbocycles. The van der Waals surface area contributed by atoms with E-state index >= 15 is 0 Å². The van der Waals surface area contributed by atoms with Crippen molar-refractivity contribution in [1.29, 1.82) is 0 Å². The Morgan fingerprint density at radius 3 is 2.41 bits per heavy atom. The Kier molecular flexibility index (Phi) is 4.89. The number of aromatic amines is 1. The number of hydrogen-bond acceptors (Lipinski definition) is 4. The standard InChI is InChI=1S/C20H13F3N4OS/c21-20(22,23)13-6-4-7-14(12-13)24-25-18-17(16-10-5-11-29-16)26-27(19(18)28)15-8-2-1-3-9-15/h1-12,26H. The smallest absolute Gasteiger partial charge is 0.287 e. The molecule has 0 saturated carbocycles. The third-order valence-electron chi connectivity index (χ3n) is 4.09. The predicted molar refractivity (Wildman–Crippen MR) is 105 cm³/mol. The first-order valence-electron chi connectivity index (χ1n) is 8.47. The lowest BCUT2D eigenvalue weighted by Gasteiger charge is -2.05. The maximum Gasteiger partial charge on any atom is 0.416 e. The minimum absolute atomic E-state index is 0.00353. The Morgan fingerprint density at radius 1 is 0.931 bits per heavy atom. The van der Waals surface area contributed by atoms with Gasteiger partial charge in [-0.2, -0.15) is 18.3 Å². The van der Waals surface area contributed by atoms with E-state index in [4.69, 9.17) is 0 Å². The van der Waals surface area contributed by atoms with Gasteiger partial charge in [0.05, 0.1) is 21.8 Å². The lowest BCUT2D eigenvalue weighted by Crippen LogP contribution is -2.13. The van der Waals surface area contributed by atoms with Crippen LogP contribution < -0.4 is 5.56 Å². The van der Waals surface area contributed by atoms with Crippen LogP contribution >= 0.6 is 11.3 Å². The van der Waals surface area contributed by atoms with Gasteiger partial charge >= 0.3 is 6.18 Å². The molecule has 0 aliphatic heterocycles. The van der Waals surface area contributed by atoms with E-state index in [0.29, 0.717) is 11.4 Å². The number of azo groups is 1. The highest BCUT2D eigenvalue weighted by atomic mass is 32.1. The zero-order valence-electron chi connectivity index (χ0n) is 14.7. The molecular weight excluding hydrogens is 401 g/mol. The number of hydrogen-bond donors (Lipinski definition) is 1. The van der Waals surface area contributed by atoms with Crippen LogP contribution in [0, 0.1) is 0 Å². The van der Waals surface area contributed by atoms with Gasteiger partial charge in [0.15, 0.2) is 5.69 Å². The molecule has 0 saturated heterocycles. The molecule has 0 radical (unpaired) electrons. The van der Waals surface area contributed by atoms with Crippen molar-refractivity contribution in [1.82, 2.24) is 9.78 Å². The first-order chi connectivity index (χ1) is 13.9. The van der Waals surface area contributed by atoms with Gasteiger partial charge in [0.1, 0.15) is 5.69 Å². The summed E-state index contributed by atoms with van der Waals surface area (Å²) in [6.45, 7) is 0. The summed E-state index contributed by atoms with van der Waals surface area (Å²) in [5.74, 6) is 0. The number of H-pyrrole nitrogens is 1. The second-order valence-electron chi connectivity index (χ2n) is 6.04. The second kappa shape index (κ2) is 7.51. The Bertz CT molecular complexity index is 1210. The predicted octanol–water partition coefficient (Wildman–Crippen LogP) is 6.33. The van der Waals surface area contributed by atoms with Gasteiger partial charge in [-0.15, -0.1) is 16.5 Å².